The Hall–Kier alpha value is -1.04. The van der Waals surface area contributed by atoms with Crippen LogP contribution < -0.4 is 0 Å². The van der Waals surface area contributed by atoms with Crippen molar-refractivity contribution in [1.82, 2.24) is 4.90 Å². The van der Waals surface area contributed by atoms with E-state index in [2.05, 4.69) is 6.92 Å². The zero-order chi connectivity index (χ0) is 8.97. The number of hydrogen-bond acceptors (Lipinski definition) is 2. The summed E-state index contributed by atoms with van der Waals surface area (Å²) in [5.74, 6) is 0.654. The molecule has 66 valence electrons. The van der Waals surface area contributed by atoms with Crippen molar-refractivity contribution < 1.29 is 4.79 Å². The quantitative estimate of drug-likeness (QED) is 0.617. The number of nitrogens with zero attached hydrogens (tertiary/aromatic N) is 2. The summed E-state index contributed by atoms with van der Waals surface area (Å²) in [6.07, 6.45) is 2.28. The minimum atomic E-state index is -0.00606. The third kappa shape index (κ3) is 1.97. The van der Waals surface area contributed by atoms with Gasteiger partial charge in [0.05, 0.1) is 6.07 Å². The van der Waals surface area contributed by atoms with Crippen molar-refractivity contribution >= 4 is 5.91 Å². The summed E-state index contributed by atoms with van der Waals surface area (Å²) in [6, 6.07) is 1.89. The summed E-state index contributed by atoms with van der Waals surface area (Å²) in [5, 5.41) is 8.32. The molecule has 1 rings (SSSR count). The van der Waals surface area contributed by atoms with Gasteiger partial charge in [-0.2, -0.15) is 5.26 Å². The van der Waals surface area contributed by atoms with Crippen molar-refractivity contribution in [3.05, 3.63) is 0 Å². The molecule has 1 amide bonds. The van der Waals surface area contributed by atoms with Gasteiger partial charge in [0, 0.05) is 13.1 Å². The summed E-state index contributed by atoms with van der Waals surface area (Å²) in [4.78, 5) is 13.0. The second-order valence-corrected chi connectivity index (χ2v) is 3.24. The molecule has 0 N–H and O–H groups in total. The molecule has 0 aromatic carbocycles. The van der Waals surface area contributed by atoms with Crippen LogP contribution in [0.5, 0.6) is 0 Å². The summed E-state index contributed by atoms with van der Waals surface area (Å²) < 4.78 is 0. The molecule has 0 spiro atoms. The number of likely N-dealkylation sites (tertiary alicyclic amines) is 1. The summed E-state index contributed by atoms with van der Waals surface area (Å²) in [6.45, 7) is 3.85. The van der Waals surface area contributed by atoms with Crippen LogP contribution in [0.4, 0.5) is 0 Å². The van der Waals surface area contributed by atoms with Crippen LogP contribution in [0.3, 0.4) is 0 Å². The van der Waals surface area contributed by atoms with Crippen molar-refractivity contribution in [2.75, 3.05) is 13.1 Å². The predicted octanol–water partition coefficient (Wildman–Crippen LogP) is 1.16. The molecule has 3 nitrogen and oxygen atoms in total. The summed E-state index contributed by atoms with van der Waals surface area (Å²) in [5.41, 5.74) is 0. The van der Waals surface area contributed by atoms with E-state index in [-0.39, 0.29) is 12.3 Å². The van der Waals surface area contributed by atoms with Crippen LogP contribution in [0, 0.1) is 17.2 Å². The fourth-order valence-corrected chi connectivity index (χ4v) is 1.57. The average molecular weight is 166 g/mol. The smallest absolute Gasteiger partial charge is 0.236 e. The van der Waals surface area contributed by atoms with Gasteiger partial charge in [0.15, 0.2) is 0 Å². The zero-order valence-corrected chi connectivity index (χ0v) is 7.42. The lowest BCUT2D eigenvalue weighted by atomic mass is 10.1. The van der Waals surface area contributed by atoms with Gasteiger partial charge in [-0.25, -0.2) is 0 Å². The number of nitriles is 1. The van der Waals surface area contributed by atoms with Crippen molar-refractivity contribution in [1.29, 1.82) is 5.26 Å². The van der Waals surface area contributed by atoms with Gasteiger partial charge in [0.2, 0.25) is 5.91 Å². The molecule has 1 aliphatic heterocycles. The third-order valence-corrected chi connectivity index (χ3v) is 2.45. The molecule has 0 bridgehead atoms. The van der Waals surface area contributed by atoms with E-state index in [9.17, 15) is 4.79 Å². The van der Waals surface area contributed by atoms with Crippen LogP contribution in [0.15, 0.2) is 0 Å². The molecule has 0 aromatic rings. The fourth-order valence-electron chi connectivity index (χ4n) is 1.57. The first-order chi connectivity index (χ1) is 5.77. The van der Waals surface area contributed by atoms with Gasteiger partial charge in [0.1, 0.15) is 6.42 Å². The van der Waals surface area contributed by atoms with E-state index in [0.29, 0.717) is 5.92 Å². The standard InChI is InChI=1S/C9H14N2O/c1-2-8-4-6-11(7-8)9(12)3-5-10/h8H,2-4,6-7H2,1H3/t8-/m1/s1. The highest BCUT2D eigenvalue weighted by Crippen LogP contribution is 2.19. The molecule has 0 radical (unpaired) electrons. The maximum Gasteiger partial charge on any atom is 0.236 e. The molecule has 1 fully saturated rings. The van der Waals surface area contributed by atoms with E-state index >= 15 is 0 Å². The van der Waals surface area contributed by atoms with Gasteiger partial charge in [-0.3, -0.25) is 4.79 Å². The minimum Gasteiger partial charge on any atom is -0.342 e. The molecular weight excluding hydrogens is 152 g/mol. The SMILES string of the molecule is CC[C@@H]1CCN(C(=O)CC#N)C1. The fraction of sp³-hybridized carbons (Fsp3) is 0.778. The lowest BCUT2D eigenvalue weighted by Gasteiger charge is -2.13. The molecule has 12 heavy (non-hydrogen) atoms. The van der Waals surface area contributed by atoms with Crippen LogP contribution in [0.25, 0.3) is 0 Å². The van der Waals surface area contributed by atoms with Gasteiger partial charge in [0.25, 0.3) is 0 Å². The number of carbonyl (C=O) groups excluding carboxylic acids is 1. The van der Waals surface area contributed by atoms with Crippen LogP contribution in [-0.2, 0) is 4.79 Å². The van der Waals surface area contributed by atoms with Crippen LogP contribution >= 0.6 is 0 Å². The molecule has 0 aromatic heterocycles. The Balaban J connectivity index is 2.37. The topological polar surface area (TPSA) is 44.1 Å². The Morgan fingerprint density at radius 2 is 2.50 bits per heavy atom. The highest BCUT2D eigenvalue weighted by atomic mass is 16.2. The number of carbonyl (C=O) groups is 1. The Labute approximate surface area is 73.0 Å². The molecule has 1 aliphatic rings. The van der Waals surface area contributed by atoms with E-state index in [1.54, 1.807) is 4.90 Å². The first kappa shape index (κ1) is 9.05. The summed E-state index contributed by atoms with van der Waals surface area (Å²) >= 11 is 0. The first-order valence-corrected chi connectivity index (χ1v) is 4.42. The number of rotatable bonds is 2. The van der Waals surface area contributed by atoms with Crippen LogP contribution in [-0.4, -0.2) is 23.9 Å². The Kier molecular flexibility index (Phi) is 3.09. The Morgan fingerprint density at radius 1 is 1.75 bits per heavy atom. The zero-order valence-electron chi connectivity index (χ0n) is 7.42. The minimum absolute atomic E-state index is 0.00606. The maximum atomic E-state index is 11.2. The number of amides is 1. The van der Waals surface area contributed by atoms with Crippen LogP contribution in [0.1, 0.15) is 26.2 Å². The Bertz CT molecular complexity index is 207. The molecule has 3 heteroatoms. The molecule has 0 saturated carbocycles. The lowest BCUT2D eigenvalue weighted by Crippen LogP contribution is -2.27. The molecule has 1 saturated heterocycles. The van der Waals surface area contributed by atoms with E-state index in [1.165, 1.54) is 0 Å². The Morgan fingerprint density at radius 3 is 3.00 bits per heavy atom. The summed E-state index contributed by atoms with van der Waals surface area (Å²) in [7, 11) is 0. The van der Waals surface area contributed by atoms with Gasteiger partial charge < -0.3 is 4.90 Å². The normalized spacial score (nSPS) is 22.3. The van der Waals surface area contributed by atoms with E-state index in [4.69, 9.17) is 5.26 Å². The largest absolute Gasteiger partial charge is 0.342 e. The van der Waals surface area contributed by atoms with Crippen LogP contribution in [0.2, 0.25) is 0 Å². The highest BCUT2D eigenvalue weighted by Gasteiger charge is 2.24. The van der Waals surface area contributed by atoms with Crippen molar-refractivity contribution in [3.8, 4) is 6.07 Å². The lowest BCUT2D eigenvalue weighted by molar-refractivity contribution is -0.129. The third-order valence-electron chi connectivity index (χ3n) is 2.45. The molecule has 1 atom stereocenters. The molecule has 1 heterocycles. The second kappa shape index (κ2) is 4.10. The van der Waals surface area contributed by atoms with Gasteiger partial charge in [-0.15, -0.1) is 0 Å². The highest BCUT2D eigenvalue weighted by molar-refractivity contribution is 5.78. The molecular formula is C9H14N2O. The van der Waals surface area contributed by atoms with Gasteiger partial charge in [-0.05, 0) is 12.3 Å². The van der Waals surface area contributed by atoms with E-state index < -0.39 is 0 Å². The molecule has 0 aliphatic carbocycles. The van der Waals surface area contributed by atoms with Crippen molar-refractivity contribution in [2.45, 2.75) is 26.2 Å². The van der Waals surface area contributed by atoms with Crippen molar-refractivity contribution in [2.24, 2.45) is 5.92 Å². The second-order valence-electron chi connectivity index (χ2n) is 3.24. The van der Waals surface area contributed by atoms with Gasteiger partial charge >= 0.3 is 0 Å². The first-order valence-electron chi connectivity index (χ1n) is 4.42. The number of hydrogen-bond donors (Lipinski definition) is 0. The monoisotopic (exact) mass is 166 g/mol. The van der Waals surface area contributed by atoms with E-state index in [0.717, 1.165) is 25.9 Å². The average Bonchev–Trinajstić information content (AvgIpc) is 2.52. The van der Waals surface area contributed by atoms with Gasteiger partial charge in [-0.1, -0.05) is 13.3 Å². The molecule has 0 unspecified atom stereocenters. The maximum absolute atomic E-state index is 11.2. The van der Waals surface area contributed by atoms with Crippen molar-refractivity contribution in [3.63, 3.8) is 0 Å². The predicted molar refractivity (Wildman–Crippen MR) is 45.2 cm³/mol. The van der Waals surface area contributed by atoms with E-state index in [1.807, 2.05) is 6.07 Å².